The van der Waals surface area contributed by atoms with E-state index in [1.54, 1.807) is 36.4 Å². The number of carbonyl (C=O) groups is 4. The van der Waals surface area contributed by atoms with Gasteiger partial charge in [0.15, 0.2) is 0 Å². The Morgan fingerprint density at radius 3 is 1.80 bits per heavy atom. The van der Waals surface area contributed by atoms with Gasteiger partial charge in [0.1, 0.15) is 23.9 Å². The molecule has 0 saturated carbocycles. The van der Waals surface area contributed by atoms with Crippen LogP contribution in [0.2, 0.25) is 0 Å². The molecule has 0 aliphatic rings. The van der Waals surface area contributed by atoms with Gasteiger partial charge in [0.05, 0.1) is 6.04 Å². The van der Waals surface area contributed by atoms with E-state index < -0.39 is 47.9 Å². The van der Waals surface area contributed by atoms with Crippen molar-refractivity contribution in [3.63, 3.8) is 0 Å². The van der Waals surface area contributed by atoms with Crippen molar-refractivity contribution < 1.29 is 29.4 Å². The van der Waals surface area contributed by atoms with Gasteiger partial charge in [-0.2, -0.15) is 0 Å². The second-order valence-corrected chi connectivity index (χ2v) is 10.6. The molecule has 0 radical (unpaired) electrons. The minimum Gasteiger partial charge on any atom is -0.508 e. The Morgan fingerprint density at radius 1 is 0.750 bits per heavy atom. The fourth-order valence-corrected chi connectivity index (χ4v) is 4.15. The van der Waals surface area contributed by atoms with Crippen molar-refractivity contribution in [1.82, 2.24) is 16.0 Å². The molecule has 0 saturated heterocycles. The van der Waals surface area contributed by atoms with Gasteiger partial charge in [0.25, 0.3) is 0 Å². The lowest BCUT2D eigenvalue weighted by Gasteiger charge is -2.27. The molecule has 0 aliphatic carbocycles. The second-order valence-electron chi connectivity index (χ2n) is 10.6. The van der Waals surface area contributed by atoms with Gasteiger partial charge < -0.3 is 31.9 Å². The van der Waals surface area contributed by atoms with E-state index >= 15 is 0 Å². The molecule has 3 amide bonds. The Kier molecular flexibility index (Phi) is 12.6. The third-order valence-electron chi connectivity index (χ3n) is 6.81. The quantitative estimate of drug-likeness (QED) is 0.196. The predicted octanol–water partition coefficient (Wildman–Crippen LogP) is 2.14. The molecular formula is C30H42N4O6. The van der Waals surface area contributed by atoms with Crippen LogP contribution in [0.5, 0.6) is 5.75 Å². The maximum Gasteiger partial charge on any atom is 0.326 e. The molecule has 2 aromatic carbocycles. The van der Waals surface area contributed by atoms with Gasteiger partial charge in [0, 0.05) is 12.8 Å². The SMILES string of the molecule is CCC(C)C(N)C(=O)NC(Cc1ccc(O)cc1)C(=O)NC(CC(C)C)C(=O)NC(Cc1ccccc1)C(=O)O. The highest BCUT2D eigenvalue weighted by atomic mass is 16.4. The van der Waals surface area contributed by atoms with E-state index in [2.05, 4.69) is 16.0 Å². The summed E-state index contributed by atoms with van der Waals surface area (Å²) in [5.74, 6) is -2.98. The van der Waals surface area contributed by atoms with Crippen molar-refractivity contribution in [2.75, 3.05) is 0 Å². The van der Waals surface area contributed by atoms with E-state index in [4.69, 9.17) is 5.73 Å². The number of benzene rings is 2. The third-order valence-corrected chi connectivity index (χ3v) is 6.81. The Balaban J connectivity index is 2.24. The van der Waals surface area contributed by atoms with Crippen LogP contribution >= 0.6 is 0 Å². The molecule has 5 unspecified atom stereocenters. The molecule has 10 heteroatoms. The number of aromatic hydroxyl groups is 1. The number of amides is 3. The van der Waals surface area contributed by atoms with Gasteiger partial charge in [-0.05, 0) is 41.5 Å². The maximum atomic E-state index is 13.5. The van der Waals surface area contributed by atoms with Crippen LogP contribution in [0.15, 0.2) is 54.6 Å². The number of carboxylic acids is 1. The second kappa shape index (κ2) is 15.6. The van der Waals surface area contributed by atoms with Crippen LogP contribution in [-0.2, 0) is 32.0 Å². The Hall–Kier alpha value is -3.92. The third kappa shape index (κ3) is 10.3. The number of phenolic OH excluding ortho intramolecular Hbond substituents is 1. The zero-order chi connectivity index (χ0) is 29.8. The minimum atomic E-state index is -1.19. The topological polar surface area (TPSA) is 171 Å². The van der Waals surface area contributed by atoms with Crippen LogP contribution in [0, 0.1) is 11.8 Å². The largest absolute Gasteiger partial charge is 0.508 e. The number of nitrogens with two attached hydrogens (primary N) is 1. The molecule has 2 aromatic rings. The molecule has 218 valence electrons. The number of aliphatic carboxylic acids is 1. The molecule has 0 heterocycles. The van der Waals surface area contributed by atoms with E-state index in [1.165, 1.54) is 12.1 Å². The van der Waals surface area contributed by atoms with Crippen LogP contribution in [0.25, 0.3) is 0 Å². The normalized spacial score (nSPS) is 14.8. The number of hydrogen-bond acceptors (Lipinski definition) is 6. The van der Waals surface area contributed by atoms with Gasteiger partial charge in [-0.1, -0.05) is 76.6 Å². The predicted molar refractivity (Wildman–Crippen MR) is 152 cm³/mol. The molecule has 0 fully saturated rings. The van der Waals surface area contributed by atoms with E-state index in [0.717, 1.165) is 5.56 Å². The van der Waals surface area contributed by atoms with Crippen LogP contribution in [0.4, 0.5) is 0 Å². The summed E-state index contributed by atoms with van der Waals surface area (Å²) < 4.78 is 0. The monoisotopic (exact) mass is 554 g/mol. The van der Waals surface area contributed by atoms with Gasteiger partial charge in [-0.25, -0.2) is 4.79 Å². The number of hydrogen-bond donors (Lipinski definition) is 6. The summed E-state index contributed by atoms with van der Waals surface area (Å²) in [6.45, 7) is 7.52. The summed E-state index contributed by atoms with van der Waals surface area (Å²) in [4.78, 5) is 51.6. The highest BCUT2D eigenvalue weighted by Gasteiger charge is 2.31. The number of carboxylic acid groups (broad SMARTS) is 1. The van der Waals surface area contributed by atoms with E-state index in [-0.39, 0.29) is 36.8 Å². The standard InChI is InChI=1S/C30H42N4O6/c1-5-19(4)26(31)29(38)33-24(16-21-11-13-22(35)14-12-21)28(37)32-23(15-18(2)3)27(36)34-25(30(39)40)17-20-9-7-6-8-10-20/h6-14,18-19,23-26,35H,5,15-17,31H2,1-4H3,(H,32,37)(H,33,38)(H,34,36)(H,39,40). The number of rotatable bonds is 15. The summed E-state index contributed by atoms with van der Waals surface area (Å²) in [5, 5.41) is 27.4. The maximum absolute atomic E-state index is 13.5. The van der Waals surface area contributed by atoms with Gasteiger partial charge in [-0.15, -0.1) is 0 Å². The molecule has 0 spiro atoms. The molecule has 10 nitrogen and oxygen atoms in total. The average molecular weight is 555 g/mol. The Bertz CT molecular complexity index is 1120. The molecule has 40 heavy (non-hydrogen) atoms. The highest BCUT2D eigenvalue weighted by Crippen LogP contribution is 2.14. The average Bonchev–Trinajstić information content (AvgIpc) is 2.92. The zero-order valence-electron chi connectivity index (χ0n) is 23.6. The summed E-state index contributed by atoms with van der Waals surface area (Å²) in [6, 6.07) is 11.0. The van der Waals surface area contributed by atoms with Gasteiger partial charge in [0.2, 0.25) is 17.7 Å². The van der Waals surface area contributed by atoms with Crippen molar-refractivity contribution in [2.24, 2.45) is 17.6 Å². The van der Waals surface area contributed by atoms with Crippen molar-refractivity contribution in [2.45, 2.75) is 77.5 Å². The molecular weight excluding hydrogens is 512 g/mol. The number of phenols is 1. The molecule has 0 aromatic heterocycles. The lowest BCUT2D eigenvalue weighted by molar-refractivity contribution is -0.142. The Morgan fingerprint density at radius 2 is 1.25 bits per heavy atom. The summed E-state index contributed by atoms with van der Waals surface area (Å²) >= 11 is 0. The molecule has 0 bridgehead atoms. The van der Waals surface area contributed by atoms with Crippen LogP contribution in [0.3, 0.4) is 0 Å². The van der Waals surface area contributed by atoms with Crippen LogP contribution in [-0.4, -0.2) is 58.1 Å². The molecule has 2 rings (SSSR count). The van der Waals surface area contributed by atoms with E-state index in [9.17, 15) is 29.4 Å². The van der Waals surface area contributed by atoms with E-state index in [1.807, 2.05) is 33.8 Å². The number of carbonyl (C=O) groups excluding carboxylic acids is 3. The van der Waals surface area contributed by atoms with E-state index in [0.29, 0.717) is 12.0 Å². The first kappa shape index (κ1) is 32.3. The first-order valence-corrected chi connectivity index (χ1v) is 13.6. The van der Waals surface area contributed by atoms with Crippen molar-refractivity contribution in [3.05, 3.63) is 65.7 Å². The van der Waals surface area contributed by atoms with Gasteiger partial charge >= 0.3 is 5.97 Å². The molecule has 0 aliphatic heterocycles. The van der Waals surface area contributed by atoms with Crippen molar-refractivity contribution >= 4 is 23.7 Å². The summed E-state index contributed by atoms with van der Waals surface area (Å²) in [7, 11) is 0. The summed E-state index contributed by atoms with van der Waals surface area (Å²) in [6.07, 6.45) is 1.10. The molecule has 5 atom stereocenters. The fourth-order valence-electron chi connectivity index (χ4n) is 4.15. The van der Waals surface area contributed by atoms with Crippen molar-refractivity contribution in [1.29, 1.82) is 0 Å². The minimum absolute atomic E-state index is 0.00239. The van der Waals surface area contributed by atoms with Crippen LogP contribution < -0.4 is 21.7 Å². The first-order chi connectivity index (χ1) is 18.9. The summed E-state index contributed by atoms with van der Waals surface area (Å²) in [5.41, 5.74) is 7.52. The lowest BCUT2D eigenvalue weighted by Crippen LogP contribution is -2.58. The fraction of sp³-hybridized carbons (Fsp3) is 0.467. The zero-order valence-corrected chi connectivity index (χ0v) is 23.6. The smallest absolute Gasteiger partial charge is 0.326 e. The number of nitrogens with one attached hydrogen (secondary N) is 3. The van der Waals surface area contributed by atoms with Gasteiger partial charge in [-0.3, -0.25) is 14.4 Å². The lowest BCUT2D eigenvalue weighted by atomic mass is 9.97. The van der Waals surface area contributed by atoms with Crippen molar-refractivity contribution in [3.8, 4) is 5.75 Å². The molecule has 7 N–H and O–H groups in total. The Labute approximate surface area is 235 Å². The highest BCUT2D eigenvalue weighted by molar-refractivity contribution is 5.94. The first-order valence-electron chi connectivity index (χ1n) is 13.6. The van der Waals surface area contributed by atoms with Crippen LogP contribution in [0.1, 0.15) is 51.7 Å².